The number of ether oxygens (including phenoxy) is 1. The second-order valence-electron chi connectivity index (χ2n) is 4.56. The van der Waals surface area contributed by atoms with Gasteiger partial charge in [0.2, 0.25) is 5.91 Å². The molecule has 0 aromatic rings. The van der Waals surface area contributed by atoms with Crippen LogP contribution in [0, 0.1) is 0 Å². The number of hydrogen-bond donors (Lipinski definition) is 5. The van der Waals surface area contributed by atoms with E-state index in [-0.39, 0.29) is 5.91 Å². The van der Waals surface area contributed by atoms with Gasteiger partial charge in [-0.25, -0.2) is 0 Å². The second-order valence-corrected chi connectivity index (χ2v) is 4.56. The molecule has 2 saturated heterocycles. The highest BCUT2D eigenvalue weighted by atomic mass is 16.6. The number of aliphatic hydroxyl groups is 4. The van der Waals surface area contributed by atoms with Crippen LogP contribution in [0.5, 0.6) is 0 Å². The molecule has 2 heterocycles. The summed E-state index contributed by atoms with van der Waals surface area (Å²) in [7, 11) is 0. The summed E-state index contributed by atoms with van der Waals surface area (Å²) in [5.74, 6) is -0.282. The van der Waals surface area contributed by atoms with E-state index >= 15 is 0 Å². The normalized spacial score (nSPS) is 46.9. The third-order valence-corrected chi connectivity index (χ3v) is 3.38. The maximum atomic E-state index is 11.4. The fourth-order valence-corrected chi connectivity index (χ4v) is 2.42. The first-order chi connectivity index (χ1) is 8.00. The Morgan fingerprint density at radius 1 is 1.35 bits per heavy atom. The molecule has 0 bridgehead atoms. The van der Waals surface area contributed by atoms with E-state index in [2.05, 4.69) is 5.32 Å². The van der Waals surface area contributed by atoms with E-state index in [1.165, 1.54) is 0 Å². The summed E-state index contributed by atoms with van der Waals surface area (Å²) in [6, 6.07) is 0. The van der Waals surface area contributed by atoms with Crippen LogP contribution in [0.25, 0.3) is 0 Å². The van der Waals surface area contributed by atoms with Crippen molar-refractivity contribution in [3.05, 3.63) is 0 Å². The van der Waals surface area contributed by atoms with Crippen LogP contribution in [0.1, 0.15) is 19.3 Å². The average molecular weight is 247 g/mol. The van der Waals surface area contributed by atoms with Gasteiger partial charge in [-0.1, -0.05) is 0 Å². The Kier molecular flexibility index (Phi) is 3.37. The summed E-state index contributed by atoms with van der Waals surface area (Å²) in [6.45, 7) is -0.497. The molecule has 0 saturated carbocycles. The molecular formula is C10H17NO6. The van der Waals surface area contributed by atoms with Gasteiger partial charge in [0.1, 0.15) is 24.4 Å². The van der Waals surface area contributed by atoms with E-state index in [0.717, 1.165) is 0 Å². The van der Waals surface area contributed by atoms with Gasteiger partial charge in [-0.2, -0.15) is 0 Å². The monoisotopic (exact) mass is 247 g/mol. The van der Waals surface area contributed by atoms with Crippen molar-refractivity contribution in [2.75, 3.05) is 6.61 Å². The minimum atomic E-state index is -1.46. The van der Waals surface area contributed by atoms with Crippen LogP contribution in [0.15, 0.2) is 0 Å². The van der Waals surface area contributed by atoms with Crippen molar-refractivity contribution >= 4 is 5.91 Å². The number of carbonyl (C=O) groups excluding carboxylic acids is 1. The number of carbonyl (C=O) groups is 1. The maximum Gasteiger partial charge on any atom is 0.222 e. The highest BCUT2D eigenvalue weighted by Gasteiger charge is 2.54. The molecule has 98 valence electrons. The maximum absolute atomic E-state index is 11.4. The van der Waals surface area contributed by atoms with Gasteiger partial charge in [0.05, 0.1) is 6.61 Å². The zero-order valence-electron chi connectivity index (χ0n) is 9.24. The van der Waals surface area contributed by atoms with Crippen LogP contribution in [0.3, 0.4) is 0 Å². The van der Waals surface area contributed by atoms with Crippen molar-refractivity contribution in [1.29, 1.82) is 0 Å². The standard InChI is InChI=1S/C10H17NO6/c12-4-5-7(14)8(15)9(16)10(17-5)3-1-2-6(13)11-10/h5,7-9,12,14-16H,1-4H2,(H,11,13)/t5-,7+,8+,9-,10+/m1/s1. The zero-order valence-corrected chi connectivity index (χ0v) is 9.24. The van der Waals surface area contributed by atoms with Gasteiger partial charge in [-0.15, -0.1) is 0 Å². The van der Waals surface area contributed by atoms with Crippen LogP contribution in [-0.2, 0) is 9.53 Å². The van der Waals surface area contributed by atoms with Gasteiger partial charge in [0, 0.05) is 6.42 Å². The molecule has 1 spiro atoms. The Bertz CT molecular complexity index is 309. The first kappa shape index (κ1) is 12.7. The zero-order chi connectivity index (χ0) is 12.6. The molecule has 0 aliphatic carbocycles. The first-order valence-corrected chi connectivity index (χ1v) is 5.64. The molecule has 0 aromatic heterocycles. The third-order valence-electron chi connectivity index (χ3n) is 3.38. The van der Waals surface area contributed by atoms with Crippen LogP contribution in [0.2, 0.25) is 0 Å². The number of nitrogens with one attached hydrogen (secondary N) is 1. The van der Waals surface area contributed by atoms with Crippen molar-refractivity contribution in [2.24, 2.45) is 0 Å². The summed E-state index contributed by atoms with van der Waals surface area (Å²) < 4.78 is 5.39. The van der Waals surface area contributed by atoms with Crippen molar-refractivity contribution in [3.63, 3.8) is 0 Å². The first-order valence-electron chi connectivity index (χ1n) is 5.64. The molecule has 5 N–H and O–H groups in total. The molecule has 7 heteroatoms. The van der Waals surface area contributed by atoms with Crippen molar-refractivity contribution < 1.29 is 30.0 Å². The lowest BCUT2D eigenvalue weighted by Gasteiger charge is -2.50. The Balaban J connectivity index is 2.23. The summed E-state index contributed by atoms with van der Waals surface area (Å²) >= 11 is 0. The van der Waals surface area contributed by atoms with E-state index in [1.807, 2.05) is 0 Å². The van der Waals surface area contributed by atoms with Crippen LogP contribution >= 0.6 is 0 Å². The average Bonchev–Trinajstić information content (AvgIpc) is 2.32. The van der Waals surface area contributed by atoms with E-state index < -0.39 is 36.7 Å². The highest BCUT2D eigenvalue weighted by Crippen LogP contribution is 2.34. The van der Waals surface area contributed by atoms with Gasteiger partial charge < -0.3 is 30.5 Å². The van der Waals surface area contributed by atoms with Gasteiger partial charge >= 0.3 is 0 Å². The molecule has 2 rings (SSSR count). The fraction of sp³-hybridized carbons (Fsp3) is 0.900. The Morgan fingerprint density at radius 2 is 2.06 bits per heavy atom. The lowest BCUT2D eigenvalue weighted by atomic mass is 9.85. The van der Waals surface area contributed by atoms with E-state index in [0.29, 0.717) is 19.3 Å². The molecule has 0 radical (unpaired) electrons. The number of aliphatic hydroxyl groups excluding tert-OH is 4. The number of amides is 1. The Morgan fingerprint density at radius 3 is 2.65 bits per heavy atom. The van der Waals surface area contributed by atoms with Crippen molar-refractivity contribution in [3.8, 4) is 0 Å². The minimum absolute atomic E-state index is 0.282. The summed E-state index contributed by atoms with van der Waals surface area (Å²) in [5.41, 5.74) is -1.40. The molecule has 2 fully saturated rings. The third kappa shape index (κ3) is 2.04. The topological polar surface area (TPSA) is 119 Å². The van der Waals surface area contributed by atoms with Crippen LogP contribution < -0.4 is 5.32 Å². The molecule has 0 unspecified atom stereocenters. The summed E-state index contributed by atoms with van der Waals surface area (Å²) in [5, 5.41) is 40.8. The largest absolute Gasteiger partial charge is 0.394 e. The Hall–Kier alpha value is -0.730. The van der Waals surface area contributed by atoms with Gasteiger partial charge in [-0.05, 0) is 12.8 Å². The SMILES string of the molecule is O=C1CCC[C@]2(N1)O[C@H](CO)[C@H](O)[C@H](O)[C@H]2O. The number of hydrogen-bond acceptors (Lipinski definition) is 6. The van der Waals surface area contributed by atoms with Crippen molar-refractivity contribution in [2.45, 2.75) is 49.4 Å². The molecule has 0 aromatic carbocycles. The summed E-state index contributed by atoms with van der Waals surface area (Å²) in [4.78, 5) is 11.4. The molecule has 2 aliphatic heterocycles. The smallest absolute Gasteiger partial charge is 0.222 e. The van der Waals surface area contributed by atoms with Gasteiger partial charge in [-0.3, -0.25) is 4.79 Å². The van der Waals surface area contributed by atoms with Gasteiger partial charge in [0.15, 0.2) is 5.72 Å². The molecule has 1 amide bonds. The van der Waals surface area contributed by atoms with E-state index in [9.17, 15) is 20.1 Å². The lowest BCUT2D eigenvalue weighted by Crippen LogP contribution is -2.72. The molecule has 17 heavy (non-hydrogen) atoms. The van der Waals surface area contributed by atoms with Crippen molar-refractivity contribution in [1.82, 2.24) is 5.32 Å². The molecular weight excluding hydrogens is 230 g/mol. The van der Waals surface area contributed by atoms with E-state index in [1.54, 1.807) is 0 Å². The lowest BCUT2D eigenvalue weighted by molar-refractivity contribution is -0.287. The Labute approximate surface area is 98.0 Å². The van der Waals surface area contributed by atoms with E-state index in [4.69, 9.17) is 9.84 Å². The summed E-state index contributed by atoms with van der Waals surface area (Å²) in [6.07, 6.45) is -4.08. The predicted octanol–water partition coefficient (Wildman–Crippen LogP) is -2.54. The predicted molar refractivity (Wildman–Crippen MR) is 54.7 cm³/mol. The molecule has 5 atom stereocenters. The minimum Gasteiger partial charge on any atom is -0.394 e. The van der Waals surface area contributed by atoms with Crippen LogP contribution in [0.4, 0.5) is 0 Å². The molecule has 2 aliphatic rings. The second kappa shape index (κ2) is 4.51. The quantitative estimate of drug-likeness (QED) is 0.348. The number of piperidine rings is 1. The number of rotatable bonds is 1. The fourth-order valence-electron chi connectivity index (χ4n) is 2.42. The van der Waals surface area contributed by atoms with Crippen LogP contribution in [-0.4, -0.2) is 63.1 Å². The van der Waals surface area contributed by atoms with Gasteiger partial charge in [0.25, 0.3) is 0 Å². The highest BCUT2D eigenvalue weighted by molar-refractivity contribution is 5.77. The molecule has 7 nitrogen and oxygen atoms in total.